The van der Waals surface area contributed by atoms with Crippen LogP contribution in [0, 0.1) is 5.39 Å². The van der Waals surface area contributed by atoms with E-state index >= 15 is 0 Å². The van der Waals surface area contributed by atoms with Gasteiger partial charge in [0.25, 0.3) is 0 Å². The van der Waals surface area contributed by atoms with Crippen LogP contribution in [0.15, 0.2) is 18.2 Å². The summed E-state index contributed by atoms with van der Waals surface area (Å²) in [4.78, 5) is 3.00. The molecule has 0 amide bonds. The highest BCUT2D eigenvalue weighted by Crippen LogP contribution is 2.28. The summed E-state index contributed by atoms with van der Waals surface area (Å²) in [5, 5.41) is 8.44. The first-order valence-corrected chi connectivity index (χ1v) is 3.06. The number of rotatable bonds is 1. The van der Waals surface area contributed by atoms with Gasteiger partial charge in [0, 0.05) is 17.8 Å². The van der Waals surface area contributed by atoms with Gasteiger partial charge in [-0.1, -0.05) is 0 Å². The Balaban J connectivity index is 3.19. The van der Waals surface area contributed by atoms with Crippen LogP contribution in [0.5, 0.6) is 5.75 Å². The molecule has 0 heterocycles. The summed E-state index contributed by atoms with van der Waals surface area (Å²) in [5.74, 6) is 0.465. The number of nitrogens with zero attached hydrogens (tertiary/aromatic N) is 2. The molecule has 4 heteroatoms. The van der Waals surface area contributed by atoms with Crippen LogP contribution in [0.25, 0.3) is 4.98 Å². The maximum atomic E-state index is 8.44. The third-order valence-corrected chi connectivity index (χ3v) is 1.31. The number of anilines is 1. The zero-order chi connectivity index (χ0) is 8.27. The van der Waals surface area contributed by atoms with E-state index in [0.29, 0.717) is 17.1 Å². The number of ether oxygens (including phenoxy) is 1. The third kappa shape index (κ3) is 1.38. The topological polar surface area (TPSA) is 63.4 Å². The van der Waals surface area contributed by atoms with E-state index in [9.17, 15) is 0 Å². The standard InChI is InChI=1S/C7H8N3O/c1-11-7-4-5(8)2-3-6(7)10-9/h2-4H,8H2,1H3/q+1. The van der Waals surface area contributed by atoms with Gasteiger partial charge in [0.1, 0.15) is 0 Å². The van der Waals surface area contributed by atoms with E-state index in [-0.39, 0.29) is 0 Å². The Morgan fingerprint density at radius 3 is 2.82 bits per heavy atom. The Morgan fingerprint density at radius 1 is 1.55 bits per heavy atom. The second kappa shape index (κ2) is 2.88. The second-order valence-electron chi connectivity index (χ2n) is 2.03. The molecular weight excluding hydrogens is 142 g/mol. The number of hydrogen-bond acceptors (Lipinski definition) is 3. The number of methoxy groups -OCH3 is 1. The van der Waals surface area contributed by atoms with Gasteiger partial charge in [-0.05, 0) is 6.07 Å². The van der Waals surface area contributed by atoms with E-state index in [4.69, 9.17) is 15.9 Å². The molecule has 0 atom stereocenters. The molecule has 0 radical (unpaired) electrons. The molecule has 0 saturated carbocycles. The molecule has 56 valence electrons. The average Bonchev–Trinajstić information content (AvgIpc) is 2.04. The fourth-order valence-electron chi connectivity index (χ4n) is 0.777. The quantitative estimate of drug-likeness (QED) is 0.490. The van der Waals surface area contributed by atoms with E-state index in [1.165, 1.54) is 7.11 Å². The predicted octanol–water partition coefficient (Wildman–Crippen LogP) is 1.76. The van der Waals surface area contributed by atoms with Crippen molar-refractivity contribution in [3.8, 4) is 5.75 Å². The normalized spacial score (nSPS) is 8.73. The zero-order valence-electron chi connectivity index (χ0n) is 6.11. The lowest BCUT2D eigenvalue weighted by atomic mass is 10.2. The molecule has 2 N–H and O–H groups in total. The summed E-state index contributed by atoms with van der Waals surface area (Å²) in [7, 11) is 1.49. The van der Waals surface area contributed by atoms with Gasteiger partial charge in [-0.15, -0.1) is 0 Å². The van der Waals surface area contributed by atoms with Crippen molar-refractivity contribution in [1.29, 1.82) is 5.39 Å². The average molecular weight is 150 g/mol. The summed E-state index contributed by atoms with van der Waals surface area (Å²) in [6.45, 7) is 0. The molecule has 0 spiro atoms. The molecule has 0 aliphatic heterocycles. The highest BCUT2D eigenvalue weighted by molar-refractivity contribution is 5.62. The number of nitrogen functional groups attached to an aromatic ring is 1. The van der Waals surface area contributed by atoms with Crippen LogP contribution >= 0.6 is 0 Å². The minimum Gasteiger partial charge on any atom is -0.489 e. The van der Waals surface area contributed by atoms with Crippen molar-refractivity contribution in [1.82, 2.24) is 0 Å². The Kier molecular flexibility index (Phi) is 1.93. The lowest BCUT2D eigenvalue weighted by Crippen LogP contribution is -1.87. The largest absolute Gasteiger partial charge is 0.489 e. The molecule has 0 aromatic heterocycles. The third-order valence-electron chi connectivity index (χ3n) is 1.31. The molecule has 0 unspecified atom stereocenters. The Morgan fingerprint density at radius 2 is 2.27 bits per heavy atom. The molecule has 0 aliphatic carbocycles. The van der Waals surface area contributed by atoms with Crippen LogP contribution in [0.4, 0.5) is 11.4 Å². The summed E-state index contributed by atoms with van der Waals surface area (Å²) in [5.41, 5.74) is 6.41. The molecule has 0 fully saturated rings. The lowest BCUT2D eigenvalue weighted by Gasteiger charge is -1.95. The van der Waals surface area contributed by atoms with E-state index in [1.807, 2.05) is 0 Å². The number of benzene rings is 1. The van der Waals surface area contributed by atoms with Gasteiger partial charge in [-0.2, -0.15) is 0 Å². The summed E-state index contributed by atoms with van der Waals surface area (Å²) < 4.78 is 4.88. The van der Waals surface area contributed by atoms with Gasteiger partial charge in [0.2, 0.25) is 11.1 Å². The Hall–Kier alpha value is -1.76. The van der Waals surface area contributed by atoms with E-state index in [1.54, 1.807) is 18.2 Å². The van der Waals surface area contributed by atoms with Crippen molar-refractivity contribution in [3.63, 3.8) is 0 Å². The molecule has 1 rings (SSSR count). The molecular formula is C7H8N3O+. The van der Waals surface area contributed by atoms with Gasteiger partial charge in [-0.3, -0.25) is 0 Å². The van der Waals surface area contributed by atoms with Gasteiger partial charge in [0.05, 0.1) is 7.11 Å². The van der Waals surface area contributed by atoms with Crippen molar-refractivity contribution in [2.45, 2.75) is 0 Å². The monoisotopic (exact) mass is 150 g/mol. The number of diazo groups is 1. The first kappa shape index (κ1) is 7.35. The van der Waals surface area contributed by atoms with Crippen LogP contribution < -0.4 is 10.5 Å². The summed E-state index contributed by atoms with van der Waals surface area (Å²) >= 11 is 0. The molecule has 0 aliphatic rings. The van der Waals surface area contributed by atoms with Gasteiger partial charge < -0.3 is 10.5 Å². The van der Waals surface area contributed by atoms with E-state index < -0.39 is 0 Å². The molecule has 1 aromatic rings. The minimum atomic E-state index is 0.377. The highest BCUT2D eigenvalue weighted by Gasteiger charge is 2.12. The van der Waals surface area contributed by atoms with Gasteiger partial charge >= 0.3 is 5.69 Å². The van der Waals surface area contributed by atoms with Crippen molar-refractivity contribution in [2.24, 2.45) is 0 Å². The maximum Gasteiger partial charge on any atom is 0.426 e. The summed E-state index contributed by atoms with van der Waals surface area (Å²) in [6, 6.07) is 4.81. The molecule has 1 aromatic carbocycles. The smallest absolute Gasteiger partial charge is 0.426 e. The van der Waals surface area contributed by atoms with Crippen LogP contribution in [0.2, 0.25) is 0 Å². The molecule has 0 bridgehead atoms. The van der Waals surface area contributed by atoms with E-state index in [0.717, 1.165) is 0 Å². The molecule has 0 saturated heterocycles. The lowest BCUT2D eigenvalue weighted by molar-refractivity contribution is 0.417. The van der Waals surface area contributed by atoms with Gasteiger partial charge in [-0.25, -0.2) is 0 Å². The second-order valence-corrected chi connectivity index (χ2v) is 2.03. The first-order chi connectivity index (χ1) is 5.27. The highest BCUT2D eigenvalue weighted by atomic mass is 16.5. The minimum absolute atomic E-state index is 0.377. The summed E-state index contributed by atoms with van der Waals surface area (Å²) in [6.07, 6.45) is 0. The van der Waals surface area contributed by atoms with Crippen molar-refractivity contribution in [2.75, 3.05) is 12.8 Å². The predicted molar refractivity (Wildman–Crippen MR) is 42.2 cm³/mol. The van der Waals surface area contributed by atoms with Crippen LogP contribution in [-0.4, -0.2) is 7.11 Å². The van der Waals surface area contributed by atoms with Crippen LogP contribution in [-0.2, 0) is 0 Å². The molecule has 11 heavy (non-hydrogen) atoms. The number of nitrogens with two attached hydrogens (primary N) is 1. The maximum absolute atomic E-state index is 8.44. The molecule has 4 nitrogen and oxygen atoms in total. The Labute approximate surface area is 64.2 Å². The number of hydrogen-bond donors (Lipinski definition) is 1. The van der Waals surface area contributed by atoms with Crippen LogP contribution in [0.3, 0.4) is 0 Å². The van der Waals surface area contributed by atoms with Crippen molar-refractivity contribution in [3.05, 3.63) is 23.2 Å². The SMILES string of the molecule is COc1cc(N)ccc1[N+]#N. The first-order valence-electron chi connectivity index (χ1n) is 3.06. The van der Waals surface area contributed by atoms with Gasteiger partial charge in [0.15, 0.2) is 4.98 Å². The zero-order valence-corrected chi connectivity index (χ0v) is 6.11. The van der Waals surface area contributed by atoms with Crippen molar-refractivity contribution >= 4 is 11.4 Å². The fourth-order valence-corrected chi connectivity index (χ4v) is 0.777. The van der Waals surface area contributed by atoms with Crippen LogP contribution in [0.1, 0.15) is 0 Å². The fraction of sp³-hybridized carbons (Fsp3) is 0.143. The van der Waals surface area contributed by atoms with E-state index in [2.05, 4.69) is 4.98 Å². The van der Waals surface area contributed by atoms with Crippen molar-refractivity contribution < 1.29 is 4.74 Å². The Bertz CT molecular complexity index is 303.